The summed E-state index contributed by atoms with van der Waals surface area (Å²) in [5.41, 5.74) is 2.29. The van der Waals surface area contributed by atoms with E-state index in [9.17, 15) is 13.2 Å². The number of hydrogen-bond donors (Lipinski definition) is 1. The second-order valence-corrected chi connectivity index (χ2v) is 8.83. The maximum absolute atomic E-state index is 10.6. The summed E-state index contributed by atoms with van der Waals surface area (Å²) in [7, 11) is 0. The maximum atomic E-state index is 10.6. The van der Waals surface area contributed by atoms with Crippen LogP contribution in [0, 0.1) is 25.2 Å². The van der Waals surface area contributed by atoms with E-state index in [1.165, 1.54) is 18.4 Å². The van der Waals surface area contributed by atoms with Gasteiger partial charge in [0.25, 0.3) is 0 Å². The number of halogens is 3. The van der Waals surface area contributed by atoms with E-state index in [2.05, 4.69) is 20.3 Å². The Bertz CT molecular complexity index is 951. The molecule has 0 radical (unpaired) electrons. The second kappa shape index (κ2) is 8.47. The first-order valence-corrected chi connectivity index (χ1v) is 10.4. The topological polar surface area (TPSA) is 115 Å². The van der Waals surface area contributed by atoms with E-state index in [1.807, 2.05) is 13.8 Å². The molecule has 3 fully saturated rings. The minimum Gasteiger partial charge on any atom is -0.475 e. The third-order valence-corrected chi connectivity index (χ3v) is 6.31. The van der Waals surface area contributed by atoms with Crippen molar-refractivity contribution in [2.24, 2.45) is 11.3 Å². The third kappa shape index (κ3) is 4.80. The summed E-state index contributed by atoms with van der Waals surface area (Å²) in [5.74, 6) is 0.792. The van der Waals surface area contributed by atoms with Crippen molar-refractivity contribution in [3.63, 3.8) is 0 Å². The number of aryl methyl sites for hydroxylation is 2. The highest BCUT2D eigenvalue weighted by atomic mass is 19.4. The Hall–Kier alpha value is -2.47. The molecule has 2 aromatic rings. The largest absolute Gasteiger partial charge is 0.490 e. The Morgan fingerprint density at radius 3 is 2.59 bits per heavy atom. The van der Waals surface area contributed by atoms with Crippen molar-refractivity contribution < 1.29 is 36.7 Å². The van der Waals surface area contributed by atoms with Crippen molar-refractivity contribution >= 4 is 5.97 Å². The summed E-state index contributed by atoms with van der Waals surface area (Å²) in [5, 5.41) is 19.8. The zero-order valence-corrected chi connectivity index (χ0v) is 17.8. The molecule has 0 unspecified atom stereocenters. The quantitative estimate of drug-likeness (QED) is 0.722. The van der Waals surface area contributed by atoms with Gasteiger partial charge < -0.3 is 18.8 Å². The van der Waals surface area contributed by atoms with Gasteiger partial charge in [-0.15, -0.1) is 10.2 Å². The highest BCUT2D eigenvalue weighted by molar-refractivity contribution is 5.73. The van der Waals surface area contributed by atoms with Gasteiger partial charge in [-0.25, -0.2) is 4.79 Å². The van der Waals surface area contributed by atoms with Crippen LogP contribution in [0.4, 0.5) is 13.2 Å². The van der Waals surface area contributed by atoms with Crippen LogP contribution >= 0.6 is 0 Å². The first kappa shape index (κ1) is 22.7. The summed E-state index contributed by atoms with van der Waals surface area (Å²) in [4.78, 5) is 11.4. The lowest BCUT2D eigenvalue weighted by Crippen LogP contribution is -2.33. The number of ether oxygens (including phenoxy) is 1. The minimum absolute atomic E-state index is 0.0896. The molecular weight excluding hydrogens is 433 g/mol. The van der Waals surface area contributed by atoms with Crippen LogP contribution in [0.25, 0.3) is 0 Å². The molecule has 32 heavy (non-hydrogen) atoms. The molecule has 2 atom stereocenters. The summed E-state index contributed by atoms with van der Waals surface area (Å²) >= 11 is 0. The first-order chi connectivity index (χ1) is 15.1. The van der Waals surface area contributed by atoms with E-state index in [1.54, 1.807) is 0 Å². The number of aromatic nitrogens is 3. The number of carboxylic acid groups (broad SMARTS) is 1. The van der Waals surface area contributed by atoms with Gasteiger partial charge in [0.2, 0.25) is 11.8 Å². The predicted molar refractivity (Wildman–Crippen MR) is 102 cm³/mol. The van der Waals surface area contributed by atoms with Gasteiger partial charge in [-0.3, -0.25) is 4.90 Å². The van der Waals surface area contributed by atoms with E-state index in [0.717, 1.165) is 62.5 Å². The average Bonchev–Trinajstić information content (AvgIpc) is 3.02. The van der Waals surface area contributed by atoms with Gasteiger partial charge in [-0.05, 0) is 26.7 Å². The normalized spacial score (nSPS) is 25.5. The van der Waals surface area contributed by atoms with E-state index in [4.69, 9.17) is 23.6 Å². The number of alkyl halides is 3. The van der Waals surface area contributed by atoms with Crippen LogP contribution in [0.15, 0.2) is 8.94 Å². The molecule has 176 valence electrons. The van der Waals surface area contributed by atoms with Gasteiger partial charge in [0.1, 0.15) is 5.76 Å². The standard InChI is InChI=1S/C18H24N4O3.C2HF3O2/c1-11-15(12(2)25-21-11)7-22-6-14-8-23-10-18(14,9-22)5-16-19-20-17(24-16)13-3-4-13;3-2(4,5)1(6)7/h13-14H,3-10H2,1-2H3;(H,6,7)/t14-,18+;/m1./s1. The van der Waals surface area contributed by atoms with Gasteiger partial charge in [-0.1, -0.05) is 5.16 Å². The SMILES string of the molecule is Cc1noc(C)c1CN1C[C@@H]2COC[C@]2(Cc2nnc(C3CC3)o2)C1.O=C(O)C(F)(F)F. The monoisotopic (exact) mass is 458 g/mol. The smallest absolute Gasteiger partial charge is 0.475 e. The molecule has 5 rings (SSSR count). The first-order valence-electron chi connectivity index (χ1n) is 10.4. The van der Waals surface area contributed by atoms with Gasteiger partial charge in [0, 0.05) is 48.9 Å². The number of nitrogens with zero attached hydrogens (tertiary/aromatic N) is 4. The molecule has 1 saturated carbocycles. The summed E-state index contributed by atoms with van der Waals surface area (Å²) in [6.45, 7) is 8.51. The Labute approximate surface area is 181 Å². The fourth-order valence-corrected chi connectivity index (χ4v) is 4.40. The Balaban J connectivity index is 0.000000307. The van der Waals surface area contributed by atoms with Crippen molar-refractivity contribution in [1.82, 2.24) is 20.3 Å². The summed E-state index contributed by atoms with van der Waals surface area (Å²) in [6.07, 6.45) is -1.90. The lowest BCUT2D eigenvalue weighted by atomic mass is 9.78. The highest BCUT2D eigenvalue weighted by Gasteiger charge is 2.51. The van der Waals surface area contributed by atoms with Crippen molar-refractivity contribution in [3.8, 4) is 0 Å². The number of aliphatic carboxylic acids is 1. The lowest BCUT2D eigenvalue weighted by Gasteiger charge is -2.25. The molecule has 0 spiro atoms. The molecule has 0 bridgehead atoms. The van der Waals surface area contributed by atoms with Crippen molar-refractivity contribution in [2.75, 3.05) is 26.3 Å². The Morgan fingerprint density at radius 1 is 1.28 bits per heavy atom. The molecule has 9 nitrogen and oxygen atoms in total. The summed E-state index contributed by atoms with van der Waals surface area (Å²) in [6, 6.07) is 0. The molecule has 1 N–H and O–H groups in total. The van der Waals surface area contributed by atoms with E-state index in [0.29, 0.717) is 11.8 Å². The molecule has 2 aromatic heterocycles. The molecule has 3 aliphatic rings. The number of hydrogen-bond acceptors (Lipinski definition) is 8. The van der Waals surface area contributed by atoms with Crippen LogP contribution in [0.2, 0.25) is 0 Å². The number of fused-ring (bicyclic) bond motifs is 1. The number of rotatable bonds is 5. The van der Waals surface area contributed by atoms with Crippen molar-refractivity contribution in [1.29, 1.82) is 0 Å². The zero-order chi connectivity index (χ0) is 23.1. The second-order valence-electron chi connectivity index (χ2n) is 8.83. The van der Waals surface area contributed by atoms with Crippen LogP contribution in [0.1, 0.15) is 47.6 Å². The molecule has 2 saturated heterocycles. The van der Waals surface area contributed by atoms with Gasteiger partial charge >= 0.3 is 12.1 Å². The fraction of sp³-hybridized carbons (Fsp3) is 0.700. The highest BCUT2D eigenvalue weighted by Crippen LogP contribution is 2.45. The van der Waals surface area contributed by atoms with E-state index in [-0.39, 0.29) is 5.41 Å². The van der Waals surface area contributed by atoms with Crippen molar-refractivity contribution in [2.45, 2.75) is 51.7 Å². The number of carbonyl (C=O) groups is 1. The molecule has 0 amide bonds. The lowest BCUT2D eigenvalue weighted by molar-refractivity contribution is -0.192. The van der Waals surface area contributed by atoms with Gasteiger partial charge in [0.05, 0.1) is 18.9 Å². The maximum Gasteiger partial charge on any atom is 0.490 e. The number of likely N-dealkylation sites (tertiary alicyclic amines) is 1. The predicted octanol–water partition coefficient (Wildman–Crippen LogP) is 2.88. The van der Waals surface area contributed by atoms with Crippen LogP contribution in [-0.4, -0.2) is 63.8 Å². The number of carboxylic acids is 1. The molecule has 0 aromatic carbocycles. The van der Waals surface area contributed by atoms with E-state index >= 15 is 0 Å². The van der Waals surface area contributed by atoms with Crippen LogP contribution < -0.4 is 0 Å². The van der Waals surface area contributed by atoms with Crippen LogP contribution in [0.5, 0.6) is 0 Å². The third-order valence-electron chi connectivity index (χ3n) is 6.31. The Kier molecular flexibility index (Phi) is 6.01. The fourth-order valence-electron chi connectivity index (χ4n) is 4.40. The molecular formula is C20H25F3N4O5. The van der Waals surface area contributed by atoms with Gasteiger partial charge in [0.15, 0.2) is 0 Å². The van der Waals surface area contributed by atoms with E-state index < -0.39 is 12.1 Å². The zero-order valence-electron chi connectivity index (χ0n) is 17.8. The van der Waals surface area contributed by atoms with Crippen LogP contribution in [-0.2, 0) is 22.5 Å². The average molecular weight is 458 g/mol. The minimum atomic E-state index is -5.08. The van der Waals surface area contributed by atoms with Gasteiger partial charge in [-0.2, -0.15) is 13.2 Å². The van der Waals surface area contributed by atoms with Crippen LogP contribution in [0.3, 0.4) is 0 Å². The Morgan fingerprint density at radius 2 is 2.00 bits per heavy atom. The molecule has 4 heterocycles. The molecule has 2 aliphatic heterocycles. The molecule has 1 aliphatic carbocycles. The van der Waals surface area contributed by atoms with Crippen molar-refractivity contribution in [3.05, 3.63) is 28.8 Å². The molecule has 12 heteroatoms. The summed E-state index contributed by atoms with van der Waals surface area (Å²) < 4.78 is 48.8.